The molecule has 0 radical (unpaired) electrons. The van der Waals surface area contributed by atoms with Gasteiger partial charge >= 0.3 is 5.97 Å². The Balaban J connectivity index is 2.11. The van der Waals surface area contributed by atoms with Crippen LogP contribution in [0.1, 0.15) is 18.4 Å². The van der Waals surface area contributed by atoms with Gasteiger partial charge in [0.2, 0.25) is 10.0 Å². The zero-order valence-corrected chi connectivity index (χ0v) is 11.3. The highest BCUT2D eigenvalue weighted by molar-refractivity contribution is 7.89. The van der Waals surface area contributed by atoms with Crippen molar-refractivity contribution in [2.75, 3.05) is 12.3 Å². The van der Waals surface area contributed by atoms with Crippen molar-refractivity contribution in [2.24, 2.45) is 0 Å². The number of carboxylic acid groups (broad SMARTS) is 1. The fourth-order valence-electron chi connectivity index (χ4n) is 2.50. The fraction of sp³-hybridized carbons (Fsp3) is 0.462. The molecule has 1 aliphatic rings. The lowest BCUT2D eigenvalue weighted by atomic mass is 10.1. The topological polar surface area (TPSA) is 74.7 Å². The molecule has 1 saturated heterocycles. The Morgan fingerprint density at radius 1 is 1.32 bits per heavy atom. The molecular weight excluding hydrogens is 266 g/mol. The second-order valence-electron chi connectivity index (χ2n) is 4.75. The predicted molar refractivity (Wildman–Crippen MR) is 71.3 cm³/mol. The number of hydrogen-bond donors (Lipinski definition) is 1. The van der Waals surface area contributed by atoms with Gasteiger partial charge in [-0.25, -0.2) is 8.42 Å². The number of sulfonamides is 1. The Labute approximate surface area is 112 Å². The third kappa shape index (κ3) is 3.54. The van der Waals surface area contributed by atoms with Crippen LogP contribution in [0.5, 0.6) is 0 Å². The summed E-state index contributed by atoms with van der Waals surface area (Å²) in [6, 6.07) is 9.55. The highest BCUT2D eigenvalue weighted by Crippen LogP contribution is 2.24. The van der Waals surface area contributed by atoms with Gasteiger partial charge in [-0.1, -0.05) is 30.3 Å². The molecule has 0 aliphatic carbocycles. The molecule has 0 saturated carbocycles. The molecule has 1 heterocycles. The summed E-state index contributed by atoms with van der Waals surface area (Å²) in [4.78, 5) is 10.6. The molecule has 1 N–H and O–H groups in total. The van der Waals surface area contributed by atoms with Crippen LogP contribution in [0.3, 0.4) is 0 Å². The Morgan fingerprint density at radius 2 is 2.00 bits per heavy atom. The lowest BCUT2D eigenvalue weighted by molar-refractivity contribution is -0.134. The van der Waals surface area contributed by atoms with Crippen molar-refractivity contribution < 1.29 is 18.3 Å². The van der Waals surface area contributed by atoms with E-state index in [1.165, 1.54) is 4.31 Å². The zero-order chi connectivity index (χ0) is 13.9. The highest BCUT2D eigenvalue weighted by Gasteiger charge is 2.35. The van der Waals surface area contributed by atoms with E-state index in [1.807, 2.05) is 30.3 Å². The lowest BCUT2D eigenvalue weighted by Crippen LogP contribution is -2.39. The number of carbonyl (C=O) groups is 1. The maximum absolute atomic E-state index is 12.0. The molecule has 1 fully saturated rings. The maximum Gasteiger partial charge on any atom is 0.320 e. The van der Waals surface area contributed by atoms with Crippen LogP contribution in [0, 0.1) is 0 Å². The first-order valence-corrected chi connectivity index (χ1v) is 7.85. The van der Waals surface area contributed by atoms with Crippen molar-refractivity contribution in [2.45, 2.75) is 25.3 Å². The van der Waals surface area contributed by atoms with Crippen molar-refractivity contribution in [1.82, 2.24) is 4.31 Å². The summed E-state index contributed by atoms with van der Waals surface area (Å²) in [6.07, 6.45) is 2.21. The molecule has 0 amide bonds. The average Bonchev–Trinajstić information content (AvgIpc) is 2.77. The number of hydrogen-bond acceptors (Lipinski definition) is 3. The van der Waals surface area contributed by atoms with E-state index in [2.05, 4.69) is 0 Å². The first-order valence-electron chi connectivity index (χ1n) is 6.24. The van der Waals surface area contributed by atoms with Crippen LogP contribution >= 0.6 is 0 Å². The molecule has 0 spiro atoms. The van der Waals surface area contributed by atoms with Crippen LogP contribution in [0.15, 0.2) is 30.3 Å². The Morgan fingerprint density at radius 3 is 2.63 bits per heavy atom. The molecule has 1 atom stereocenters. The minimum atomic E-state index is -3.69. The standard InChI is InChI=1S/C13H17NO4S/c15-13(16)10-19(17,18)14-8-4-7-12(14)9-11-5-2-1-3-6-11/h1-3,5-6,12H,4,7-10H2,(H,15,16). The molecule has 2 rings (SSSR count). The van der Waals surface area contributed by atoms with Crippen LogP contribution in [-0.4, -0.2) is 42.1 Å². The van der Waals surface area contributed by atoms with Crippen molar-refractivity contribution in [3.63, 3.8) is 0 Å². The van der Waals surface area contributed by atoms with Crippen molar-refractivity contribution in [3.8, 4) is 0 Å². The van der Waals surface area contributed by atoms with E-state index in [9.17, 15) is 13.2 Å². The van der Waals surface area contributed by atoms with Gasteiger partial charge in [0.1, 0.15) is 0 Å². The van der Waals surface area contributed by atoms with E-state index >= 15 is 0 Å². The van der Waals surface area contributed by atoms with E-state index < -0.39 is 21.7 Å². The summed E-state index contributed by atoms with van der Waals surface area (Å²) in [5.74, 6) is -2.12. The molecule has 0 aromatic heterocycles. The van der Waals surface area contributed by atoms with Crippen LogP contribution in [0.25, 0.3) is 0 Å². The SMILES string of the molecule is O=C(O)CS(=O)(=O)N1CCCC1Cc1ccccc1. The number of carboxylic acids is 1. The van der Waals surface area contributed by atoms with Crippen LogP contribution in [0.2, 0.25) is 0 Å². The number of nitrogens with zero attached hydrogens (tertiary/aromatic N) is 1. The quantitative estimate of drug-likeness (QED) is 0.878. The molecular formula is C13H17NO4S. The second kappa shape index (κ2) is 5.71. The molecule has 19 heavy (non-hydrogen) atoms. The van der Waals surface area contributed by atoms with E-state index in [0.29, 0.717) is 13.0 Å². The van der Waals surface area contributed by atoms with Crippen molar-refractivity contribution in [3.05, 3.63) is 35.9 Å². The van der Waals surface area contributed by atoms with Gasteiger partial charge in [0.15, 0.2) is 5.75 Å². The van der Waals surface area contributed by atoms with E-state index in [4.69, 9.17) is 5.11 Å². The van der Waals surface area contributed by atoms with Crippen molar-refractivity contribution >= 4 is 16.0 Å². The van der Waals surface area contributed by atoms with Gasteiger partial charge in [-0.05, 0) is 24.8 Å². The summed E-state index contributed by atoms with van der Waals surface area (Å²) in [5, 5.41) is 8.68. The van der Waals surface area contributed by atoms with E-state index in [-0.39, 0.29) is 6.04 Å². The van der Waals surface area contributed by atoms with Gasteiger partial charge in [0.25, 0.3) is 0 Å². The van der Waals surface area contributed by atoms with Gasteiger partial charge in [-0.2, -0.15) is 4.31 Å². The minimum Gasteiger partial charge on any atom is -0.480 e. The summed E-state index contributed by atoms with van der Waals surface area (Å²) in [7, 11) is -3.69. The lowest BCUT2D eigenvalue weighted by Gasteiger charge is -2.23. The molecule has 6 heteroatoms. The fourth-order valence-corrected chi connectivity index (χ4v) is 4.02. The summed E-state index contributed by atoms with van der Waals surface area (Å²) in [5.41, 5.74) is 1.07. The second-order valence-corrected chi connectivity index (χ2v) is 6.67. The first-order chi connectivity index (χ1) is 8.99. The third-order valence-corrected chi connectivity index (χ3v) is 5.11. The normalized spacial score (nSPS) is 20.5. The summed E-state index contributed by atoms with van der Waals surface area (Å²) < 4.78 is 25.3. The number of rotatable bonds is 5. The number of benzene rings is 1. The van der Waals surface area contributed by atoms with Gasteiger partial charge < -0.3 is 5.11 Å². The van der Waals surface area contributed by atoms with Gasteiger partial charge in [0.05, 0.1) is 0 Å². The Kier molecular flexibility index (Phi) is 4.21. The predicted octanol–water partition coefficient (Wildman–Crippen LogP) is 1.11. The Bertz CT molecular complexity index is 541. The monoisotopic (exact) mass is 283 g/mol. The minimum absolute atomic E-state index is 0.119. The molecule has 0 bridgehead atoms. The molecule has 1 aromatic rings. The first kappa shape index (κ1) is 14.0. The van der Waals surface area contributed by atoms with Gasteiger partial charge in [0, 0.05) is 12.6 Å². The number of aliphatic carboxylic acids is 1. The van der Waals surface area contributed by atoms with Crippen molar-refractivity contribution in [1.29, 1.82) is 0 Å². The Hall–Kier alpha value is -1.40. The molecule has 5 nitrogen and oxygen atoms in total. The third-order valence-electron chi connectivity index (χ3n) is 3.30. The van der Waals surface area contributed by atoms with Crippen LogP contribution < -0.4 is 0 Å². The van der Waals surface area contributed by atoms with E-state index in [1.54, 1.807) is 0 Å². The smallest absolute Gasteiger partial charge is 0.320 e. The largest absolute Gasteiger partial charge is 0.480 e. The van der Waals surface area contributed by atoms with E-state index in [0.717, 1.165) is 18.4 Å². The van der Waals surface area contributed by atoms with Gasteiger partial charge in [-0.3, -0.25) is 4.79 Å². The average molecular weight is 283 g/mol. The molecule has 1 aliphatic heterocycles. The van der Waals surface area contributed by atoms with Crippen LogP contribution in [-0.2, 0) is 21.2 Å². The van der Waals surface area contributed by atoms with Gasteiger partial charge in [-0.15, -0.1) is 0 Å². The highest BCUT2D eigenvalue weighted by atomic mass is 32.2. The zero-order valence-electron chi connectivity index (χ0n) is 10.5. The summed E-state index contributed by atoms with van der Waals surface area (Å²) in [6.45, 7) is 0.424. The van der Waals surface area contributed by atoms with Crippen LogP contribution in [0.4, 0.5) is 0 Å². The molecule has 1 unspecified atom stereocenters. The molecule has 104 valence electrons. The maximum atomic E-state index is 12.0. The summed E-state index contributed by atoms with van der Waals surface area (Å²) >= 11 is 0. The molecule has 1 aromatic carbocycles.